The van der Waals surface area contributed by atoms with Crippen molar-refractivity contribution in [1.82, 2.24) is 4.90 Å². The van der Waals surface area contributed by atoms with E-state index in [0.717, 1.165) is 5.56 Å². The van der Waals surface area contributed by atoms with Crippen LogP contribution in [0.4, 0.5) is 0 Å². The molecule has 0 aliphatic heterocycles. The van der Waals surface area contributed by atoms with Crippen LogP contribution in [0, 0.1) is 6.92 Å². The number of phenolic OH excluding ortho intramolecular Hbond substituents is 1. The zero-order valence-corrected chi connectivity index (χ0v) is 13.7. The molecule has 0 aromatic heterocycles. The Kier molecular flexibility index (Phi) is 6.21. The van der Waals surface area contributed by atoms with Crippen molar-refractivity contribution in [3.8, 4) is 5.75 Å². The third kappa shape index (κ3) is 3.83. The number of nitrogens with zero attached hydrogens (tertiary/aromatic N) is 1. The fraction of sp³-hybridized carbons (Fsp3) is 0.571. The number of hydrogen-bond acceptors (Lipinski definition) is 5. The Labute approximate surface area is 121 Å². The van der Waals surface area contributed by atoms with Crippen LogP contribution < -0.4 is 0 Å². The van der Waals surface area contributed by atoms with Crippen molar-refractivity contribution in [3.63, 3.8) is 0 Å². The predicted octanol–water partition coefficient (Wildman–Crippen LogP) is 3.53. The highest BCUT2D eigenvalue weighted by Crippen LogP contribution is 2.62. The zero-order chi connectivity index (χ0) is 15.3. The second-order valence-electron chi connectivity index (χ2n) is 4.77. The van der Waals surface area contributed by atoms with Gasteiger partial charge in [-0.05, 0) is 40.9 Å². The minimum Gasteiger partial charge on any atom is -0.508 e. The van der Waals surface area contributed by atoms with Crippen molar-refractivity contribution in [1.29, 1.82) is 0 Å². The highest BCUT2D eigenvalue weighted by atomic mass is 31.2. The lowest BCUT2D eigenvalue weighted by atomic mass is 10.1. The van der Waals surface area contributed by atoms with Gasteiger partial charge in [0.2, 0.25) is 0 Å². The summed E-state index contributed by atoms with van der Waals surface area (Å²) < 4.78 is 23.9. The molecule has 0 spiro atoms. The lowest BCUT2D eigenvalue weighted by Gasteiger charge is -2.31. The molecule has 1 rings (SSSR count). The fourth-order valence-electron chi connectivity index (χ4n) is 2.15. The van der Waals surface area contributed by atoms with Gasteiger partial charge in [0.25, 0.3) is 0 Å². The van der Waals surface area contributed by atoms with Crippen molar-refractivity contribution in [2.24, 2.45) is 0 Å². The first-order valence-electron chi connectivity index (χ1n) is 6.70. The molecule has 0 amide bonds. The predicted molar refractivity (Wildman–Crippen MR) is 80.1 cm³/mol. The molecule has 0 aliphatic carbocycles. The molecule has 20 heavy (non-hydrogen) atoms. The van der Waals surface area contributed by atoms with E-state index >= 15 is 0 Å². The van der Waals surface area contributed by atoms with Crippen molar-refractivity contribution in [3.05, 3.63) is 29.3 Å². The highest BCUT2D eigenvalue weighted by molar-refractivity contribution is 7.54. The van der Waals surface area contributed by atoms with E-state index < -0.39 is 13.4 Å². The number of benzene rings is 1. The Balaban J connectivity index is 3.35. The summed E-state index contributed by atoms with van der Waals surface area (Å²) in [6, 6.07) is 5.21. The van der Waals surface area contributed by atoms with Gasteiger partial charge in [-0.3, -0.25) is 9.46 Å². The van der Waals surface area contributed by atoms with E-state index in [0.29, 0.717) is 5.56 Å². The maximum absolute atomic E-state index is 13.0. The summed E-state index contributed by atoms with van der Waals surface area (Å²) in [5.41, 5.74) is 1.53. The van der Waals surface area contributed by atoms with E-state index in [4.69, 9.17) is 9.05 Å². The van der Waals surface area contributed by atoms with Gasteiger partial charge in [-0.15, -0.1) is 0 Å². The normalized spacial score (nSPS) is 13.7. The van der Waals surface area contributed by atoms with Gasteiger partial charge in [0.05, 0.1) is 13.2 Å². The summed E-state index contributed by atoms with van der Waals surface area (Å²) in [5, 5.41) is 10.1. The number of phenols is 1. The molecule has 1 N–H and O–H groups in total. The maximum Gasteiger partial charge on any atom is 0.352 e. The summed E-state index contributed by atoms with van der Waals surface area (Å²) in [7, 11) is 0.189. The third-order valence-electron chi connectivity index (χ3n) is 2.87. The van der Waals surface area contributed by atoms with Gasteiger partial charge < -0.3 is 14.2 Å². The quantitative estimate of drug-likeness (QED) is 0.781. The second kappa shape index (κ2) is 7.23. The smallest absolute Gasteiger partial charge is 0.352 e. The lowest BCUT2D eigenvalue weighted by molar-refractivity contribution is 0.186. The summed E-state index contributed by atoms with van der Waals surface area (Å²) in [5.74, 6) is -0.545. The van der Waals surface area contributed by atoms with Gasteiger partial charge >= 0.3 is 7.60 Å². The average molecular weight is 301 g/mol. The molecule has 0 saturated heterocycles. The van der Waals surface area contributed by atoms with Crippen LogP contribution in [0.15, 0.2) is 18.2 Å². The molecule has 0 fully saturated rings. The minimum absolute atomic E-state index is 0.0916. The van der Waals surface area contributed by atoms with Gasteiger partial charge in [0, 0.05) is 5.56 Å². The summed E-state index contributed by atoms with van der Waals surface area (Å²) in [6.07, 6.45) is 0. The first-order valence-corrected chi connectivity index (χ1v) is 8.31. The number of aromatic hydroxyl groups is 1. The SMILES string of the molecule is CCOP(=O)(OCC)C(c1cc(C)ccc1O)N(C)C. The molecule has 1 unspecified atom stereocenters. The maximum atomic E-state index is 13.0. The van der Waals surface area contributed by atoms with Crippen LogP contribution >= 0.6 is 7.60 Å². The first kappa shape index (κ1) is 17.2. The molecule has 114 valence electrons. The second-order valence-corrected chi connectivity index (χ2v) is 6.86. The Morgan fingerprint density at radius 3 is 2.25 bits per heavy atom. The molecule has 0 aliphatic rings. The van der Waals surface area contributed by atoms with Crippen LogP contribution in [-0.2, 0) is 13.6 Å². The van der Waals surface area contributed by atoms with Crippen LogP contribution in [0.2, 0.25) is 0 Å². The molecule has 5 nitrogen and oxygen atoms in total. The number of hydrogen-bond donors (Lipinski definition) is 1. The minimum atomic E-state index is -3.39. The van der Waals surface area contributed by atoms with Crippen molar-refractivity contribution in [2.75, 3.05) is 27.3 Å². The van der Waals surface area contributed by atoms with Gasteiger partial charge in [0.1, 0.15) is 11.5 Å². The van der Waals surface area contributed by atoms with Crippen LogP contribution in [0.3, 0.4) is 0 Å². The van der Waals surface area contributed by atoms with Gasteiger partial charge in [-0.2, -0.15) is 0 Å². The molecular formula is C14H24NO4P. The highest BCUT2D eigenvalue weighted by Gasteiger charge is 2.40. The van der Waals surface area contributed by atoms with E-state index in [2.05, 4.69) is 0 Å². The molecule has 6 heteroatoms. The standard InChI is InChI=1S/C14H24NO4P/c1-6-18-20(17,19-7-2)14(15(4)5)12-10-11(3)8-9-13(12)16/h8-10,14,16H,6-7H2,1-5H3. The molecule has 0 heterocycles. The molecule has 1 atom stereocenters. The van der Waals surface area contributed by atoms with Crippen LogP contribution in [0.25, 0.3) is 0 Å². The van der Waals surface area contributed by atoms with Gasteiger partial charge in [0.15, 0.2) is 0 Å². The molecular weight excluding hydrogens is 277 g/mol. The first-order chi connectivity index (χ1) is 9.35. The van der Waals surface area contributed by atoms with Crippen LogP contribution in [0.1, 0.15) is 30.8 Å². The molecule has 0 bridgehead atoms. The van der Waals surface area contributed by atoms with Gasteiger partial charge in [-0.25, -0.2) is 0 Å². The molecule has 1 aromatic carbocycles. The Morgan fingerprint density at radius 2 is 1.80 bits per heavy atom. The Hall–Kier alpha value is -0.870. The number of aryl methyl sites for hydroxylation is 1. The topological polar surface area (TPSA) is 59.0 Å². The van der Waals surface area contributed by atoms with E-state index in [1.54, 1.807) is 45.0 Å². The summed E-state index contributed by atoms with van der Waals surface area (Å²) in [4.78, 5) is 1.75. The van der Waals surface area contributed by atoms with Gasteiger partial charge in [-0.1, -0.05) is 17.7 Å². The Morgan fingerprint density at radius 1 is 1.25 bits per heavy atom. The van der Waals surface area contributed by atoms with E-state index in [1.807, 2.05) is 13.0 Å². The van der Waals surface area contributed by atoms with Crippen molar-refractivity contribution in [2.45, 2.75) is 26.6 Å². The van der Waals surface area contributed by atoms with Crippen LogP contribution in [-0.4, -0.2) is 37.3 Å². The van der Waals surface area contributed by atoms with E-state index in [1.165, 1.54) is 0 Å². The molecule has 0 radical (unpaired) electrons. The lowest BCUT2D eigenvalue weighted by Crippen LogP contribution is -2.22. The van der Waals surface area contributed by atoms with Crippen LogP contribution in [0.5, 0.6) is 5.75 Å². The van der Waals surface area contributed by atoms with Crippen molar-refractivity contribution >= 4 is 7.60 Å². The summed E-state index contributed by atoms with van der Waals surface area (Å²) >= 11 is 0. The number of rotatable bonds is 7. The fourth-order valence-corrected chi connectivity index (χ4v) is 4.34. The average Bonchev–Trinajstić information content (AvgIpc) is 2.34. The van der Waals surface area contributed by atoms with E-state index in [9.17, 15) is 9.67 Å². The monoisotopic (exact) mass is 301 g/mol. The van der Waals surface area contributed by atoms with E-state index in [-0.39, 0.29) is 19.0 Å². The third-order valence-corrected chi connectivity index (χ3v) is 5.44. The van der Waals surface area contributed by atoms with Crippen molar-refractivity contribution < 1.29 is 18.7 Å². The molecule has 0 saturated carbocycles. The summed E-state index contributed by atoms with van der Waals surface area (Å²) in [6.45, 7) is 6.04. The largest absolute Gasteiger partial charge is 0.508 e. The Bertz CT molecular complexity index is 480. The zero-order valence-electron chi connectivity index (χ0n) is 12.8. The molecule has 1 aromatic rings.